The van der Waals surface area contributed by atoms with Gasteiger partial charge in [-0.2, -0.15) is 9.97 Å². The Labute approximate surface area is 146 Å². The van der Waals surface area contributed by atoms with Crippen LogP contribution in [0.1, 0.15) is 13.2 Å². The molecule has 4 atom stereocenters. The molecule has 144 valence electrons. The molecule has 0 unspecified atom stereocenters. The Morgan fingerprint density at radius 1 is 1.35 bits per heavy atom. The van der Waals surface area contributed by atoms with Gasteiger partial charge in [0.2, 0.25) is 11.8 Å². The van der Waals surface area contributed by atoms with Crippen LogP contribution in [-0.4, -0.2) is 71.0 Å². The van der Waals surface area contributed by atoms with Gasteiger partial charge in [-0.1, -0.05) is 0 Å². The summed E-state index contributed by atoms with van der Waals surface area (Å²) in [5.74, 6) is 0.0697. The average molecular weight is 391 g/mol. The molecular weight excluding hydrogens is 373 g/mol. The van der Waals surface area contributed by atoms with Crippen LogP contribution in [0.25, 0.3) is 11.2 Å². The summed E-state index contributed by atoms with van der Waals surface area (Å²) >= 11 is 0. The standard InChI is InChI=1S/C12H18N5O8P/c1-2-23-10-6-9(15-12(13)16-10)17(4-14-6)11-8(19)7(18)5(25-11)3-24-26(20,21)22/h4-5,7-8,11,18-19H,2-3H2,1H3,(H2,13,15,16)(H2,20,21,22)/t5-,7-,8-,11-/m1/s1. The fourth-order valence-electron chi connectivity index (χ4n) is 2.60. The number of aliphatic hydroxyl groups excluding tert-OH is 2. The van der Waals surface area contributed by atoms with Crippen molar-refractivity contribution in [3.8, 4) is 5.88 Å². The lowest BCUT2D eigenvalue weighted by Crippen LogP contribution is -2.33. The molecule has 1 aliphatic rings. The molecule has 2 aromatic heterocycles. The maximum absolute atomic E-state index is 10.8. The van der Waals surface area contributed by atoms with Crippen LogP contribution < -0.4 is 10.5 Å². The molecule has 2 aromatic rings. The van der Waals surface area contributed by atoms with E-state index in [0.717, 1.165) is 0 Å². The molecule has 0 bridgehead atoms. The van der Waals surface area contributed by atoms with Gasteiger partial charge in [0.15, 0.2) is 17.4 Å². The van der Waals surface area contributed by atoms with Crippen LogP contribution in [0, 0.1) is 0 Å². The van der Waals surface area contributed by atoms with Gasteiger partial charge in [-0.25, -0.2) is 9.55 Å². The van der Waals surface area contributed by atoms with Crippen molar-refractivity contribution in [2.24, 2.45) is 0 Å². The number of ether oxygens (including phenoxy) is 2. The van der Waals surface area contributed by atoms with Crippen LogP contribution in [0.2, 0.25) is 0 Å². The number of phosphoric acid groups is 1. The van der Waals surface area contributed by atoms with Crippen LogP contribution in [0.3, 0.4) is 0 Å². The van der Waals surface area contributed by atoms with Gasteiger partial charge in [-0.15, -0.1) is 0 Å². The van der Waals surface area contributed by atoms with Crippen LogP contribution in [0.15, 0.2) is 6.33 Å². The Morgan fingerprint density at radius 3 is 2.73 bits per heavy atom. The van der Waals surface area contributed by atoms with E-state index in [9.17, 15) is 14.8 Å². The SMILES string of the molecule is CCOc1nc(N)nc2c1ncn2[C@@H]1O[C@H](COP(=O)(O)O)[C@@H](O)[C@H]1O. The topological polar surface area (TPSA) is 195 Å². The molecule has 0 spiro atoms. The highest BCUT2D eigenvalue weighted by Gasteiger charge is 2.45. The first kappa shape index (κ1) is 18.9. The van der Waals surface area contributed by atoms with E-state index < -0.39 is 39.0 Å². The number of nitrogen functional groups attached to an aromatic ring is 1. The van der Waals surface area contributed by atoms with E-state index in [1.165, 1.54) is 10.9 Å². The van der Waals surface area contributed by atoms with Gasteiger partial charge in [0, 0.05) is 0 Å². The van der Waals surface area contributed by atoms with Gasteiger partial charge in [-0.3, -0.25) is 9.09 Å². The zero-order valence-electron chi connectivity index (χ0n) is 13.5. The highest BCUT2D eigenvalue weighted by molar-refractivity contribution is 7.46. The molecule has 6 N–H and O–H groups in total. The van der Waals surface area contributed by atoms with Crippen LogP contribution >= 0.6 is 7.82 Å². The second-order valence-corrected chi connectivity index (χ2v) is 6.72. The number of nitrogens with two attached hydrogens (primary N) is 1. The van der Waals surface area contributed by atoms with Gasteiger partial charge < -0.3 is 35.2 Å². The summed E-state index contributed by atoms with van der Waals surface area (Å²) in [6.07, 6.45) is -3.89. The minimum absolute atomic E-state index is 0.0860. The van der Waals surface area contributed by atoms with Gasteiger partial charge >= 0.3 is 7.82 Å². The number of fused-ring (bicyclic) bond motifs is 1. The van der Waals surface area contributed by atoms with E-state index in [0.29, 0.717) is 6.61 Å². The van der Waals surface area contributed by atoms with Crippen molar-refractivity contribution in [3.05, 3.63) is 6.33 Å². The lowest BCUT2D eigenvalue weighted by Gasteiger charge is -2.16. The summed E-state index contributed by atoms with van der Waals surface area (Å²) in [6, 6.07) is 0. The van der Waals surface area contributed by atoms with Crippen molar-refractivity contribution in [2.75, 3.05) is 18.9 Å². The number of anilines is 1. The second kappa shape index (κ2) is 7.04. The molecule has 0 amide bonds. The molecule has 26 heavy (non-hydrogen) atoms. The Kier molecular flexibility index (Phi) is 5.12. The van der Waals surface area contributed by atoms with Crippen LogP contribution in [0.4, 0.5) is 5.95 Å². The first-order valence-electron chi connectivity index (χ1n) is 7.55. The molecule has 3 rings (SSSR count). The third-order valence-corrected chi connectivity index (χ3v) is 4.19. The lowest BCUT2D eigenvalue weighted by molar-refractivity contribution is -0.0503. The molecule has 14 heteroatoms. The number of hydrogen-bond acceptors (Lipinski definition) is 10. The van der Waals surface area contributed by atoms with Crippen molar-refractivity contribution in [2.45, 2.75) is 31.5 Å². The van der Waals surface area contributed by atoms with Crippen LogP contribution in [0.5, 0.6) is 5.88 Å². The number of rotatable bonds is 6. The summed E-state index contributed by atoms with van der Waals surface area (Å²) in [7, 11) is -4.75. The highest BCUT2D eigenvalue weighted by atomic mass is 31.2. The molecule has 0 aliphatic carbocycles. The molecule has 0 saturated carbocycles. The third-order valence-electron chi connectivity index (χ3n) is 3.71. The normalized spacial score (nSPS) is 26.5. The summed E-state index contributed by atoms with van der Waals surface area (Å²) in [5, 5.41) is 20.3. The van der Waals surface area contributed by atoms with Crippen molar-refractivity contribution in [1.29, 1.82) is 0 Å². The van der Waals surface area contributed by atoms with E-state index >= 15 is 0 Å². The number of aromatic nitrogens is 4. The first-order valence-corrected chi connectivity index (χ1v) is 9.08. The van der Waals surface area contributed by atoms with Crippen molar-refractivity contribution < 1.29 is 38.6 Å². The highest BCUT2D eigenvalue weighted by Crippen LogP contribution is 2.39. The van der Waals surface area contributed by atoms with Crippen molar-refractivity contribution in [3.63, 3.8) is 0 Å². The predicted octanol–water partition coefficient (Wildman–Crippen LogP) is -1.46. The fourth-order valence-corrected chi connectivity index (χ4v) is 2.94. The number of imidazole rings is 1. The maximum atomic E-state index is 10.8. The maximum Gasteiger partial charge on any atom is 0.469 e. The minimum atomic E-state index is -4.75. The molecule has 0 aromatic carbocycles. The van der Waals surface area contributed by atoms with Gasteiger partial charge in [0.05, 0.1) is 19.5 Å². The van der Waals surface area contributed by atoms with Crippen molar-refractivity contribution >= 4 is 24.9 Å². The Balaban J connectivity index is 1.90. The zero-order chi connectivity index (χ0) is 19.1. The Hall–Kier alpha value is -1.86. The molecular formula is C12H18N5O8P. The molecule has 1 saturated heterocycles. The van der Waals surface area contributed by atoms with E-state index in [1.54, 1.807) is 6.92 Å². The zero-order valence-corrected chi connectivity index (χ0v) is 14.4. The number of aliphatic hydroxyl groups is 2. The van der Waals surface area contributed by atoms with E-state index in [2.05, 4.69) is 19.5 Å². The van der Waals surface area contributed by atoms with Crippen LogP contribution in [-0.2, 0) is 13.8 Å². The van der Waals surface area contributed by atoms with E-state index in [1.807, 2.05) is 0 Å². The number of nitrogens with zero attached hydrogens (tertiary/aromatic N) is 4. The van der Waals surface area contributed by atoms with Gasteiger partial charge in [-0.05, 0) is 6.92 Å². The Bertz CT molecular complexity index is 840. The smallest absolute Gasteiger partial charge is 0.469 e. The monoisotopic (exact) mass is 391 g/mol. The average Bonchev–Trinajstić information content (AvgIpc) is 3.08. The van der Waals surface area contributed by atoms with E-state index in [-0.39, 0.29) is 23.0 Å². The summed E-state index contributed by atoms with van der Waals surface area (Å²) in [6.45, 7) is 1.46. The Morgan fingerprint density at radius 2 is 2.08 bits per heavy atom. The molecule has 1 fully saturated rings. The summed E-state index contributed by atoms with van der Waals surface area (Å²) in [5.41, 5.74) is 6.15. The number of phosphoric ester groups is 1. The number of hydrogen-bond donors (Lipinski definition) is 5. The molecule has 1 aliphatic heterocycles. The van der Waals surface area contributed by atoms with Crippen molar-refractivity contribution in [1.82, 2.24) is 19.5 Å². The predicted molar refractivity (Wildman–Crippen MR) is 84.8 cm³/mol. The van der Waals surface area contributed by atoms with E-state index in [4.69, 9.17) is 25.0 Å². The fraction of sp³-hybridized carbons (Fsp3) is 0.583. The third kappa shape index (κ3) is 3.64. The lowest BCUT2D eigenvalue weighted by atomic mass is 10.1. The largest absolute Gasteiger partial charge is 0.476 e. The first-order chi connectivity index (χ1) is 12.2. The summed E-state index contributed by atoms with van der Waals surface area (Å²) < 4.78 is 27.3. The minimum Gasteiger partial charge on any atom is -0.476 e. The molecule has 0 radical (unpaired) electrons. The molecule has 13 nitrogen and oxygen atoms in total. The summed E-state index contributed by atoms with van der Waals surface area (Å²) in [4.78, 5) is 29.6. The molecule has 3 heterocycles. The van der Waals surface area contributed by atoms with Gasteiger partial charge in [0.1, 0.15) is 18.3 Å². The second-order valence-electron chi connectivity index (χ2n) is 5.48. The quantitative estimate of drug-likeness (QED) is 0.359. The van der Waals surface area contributed by atoms with Gasteiger partial charge in [0.25, 0.3) is 0 Å².